The lowest BCUT2D eigenvalue weighted by molar-refractivity contribution is 0.524. The molecule has 0 aromatic heterocycles. The molecule has 0 spiro atoms. The monoisotopic (exact) mass is 165 g/mol. The van der Waals surface area contributed by atoms with Gasteiger partial charge in [0.1, 0.15) is 0 Å². The van der Waals surface area contributed by atoms with Gasteiger partial charge in [-0.1, -0.05) is 26.7 Å². The summed E-state index contributed by atoms with van der Waals surface area (Å²) < 4.78 is 21.1. The van der Waals surface area contributed by atoms with Crippen LogP contribution >= 0.6 is 0 Å². The Kier molecular flexibility index (Phi) is 3.89. The first-order chi connectivity index (χ1) is 4.49. The highest BCUT2D eigenvalue weighted by Gasteiger charge is 2.10. The molecule has 0 aliphatic carbocycles. The predicted molar refractivity (Wildman–Crippen MR) is 42.0 cm³/mol. The van der Waals surface area contributed by atoms with Crippen LogP contribution in [0.4, 0.5) is 0 Å². The van der Waals surface area contributed by atoms with Crippen molar-refractivity contribution in [3.63, 3.8) is 0 Å². The van der Waals surface area contributed by atoms with Crippen LogP contribution in [0.1, 0.15) is 26.7 Å². The van der Waals surface area contributed by atoms with Gasteiger partial charge in [-0.25, -0.2) is 13.6 Å². The topological polar surface area (TPSA) is 60.2 Å². The minimum absolute atomic E-state index is 0.125. The molecule has 0 aliphatic heterocycles. The average molecular weight is 165 g/mol. The second-order valence-corrected chi connectivity index (χ2v) is 4.17. The second-order valence-electron chi connectivity index (χ2n) is 2.51. The number of sulfonamides is 1. The lowest BCUT2D eigenvalue weighted by atomic mass is 10.1. The fourth-order valence-electron chi connectivity index (χ4n) is 0.853. The third kappa shape index (κ3) is 4.76. The molecule has 0 bridgehead atoms. The molecule has 0 amide bonds. The van der Waals surface area contributed by atoms with Gasteiger partial charge >= 0.3 is 0 Å². The zero-order valence-electron chi connectivity index (χ0n) is 6.50. The van der Waals surface area contributed by atoms with Gasteiger partial charge in [-0.3, -0.25) is 0 Å². The predicted octanol–water partition coefficient (Wildman–Crippen LogP) is 0.711. The molecule has 0 fully saturated rings. The Morgan fingerprint density at radius 1 is 1.30 bits per heavy atom. The van der Waals surface area contributed by atoms with Gasteiger partial charge in [0.05, 0.1) is 5.75 Å². The fourth-order valence-corrected chi connectivity index (χ4v) is 1.98. The highest BCUT2D eigenvalue weighted by molar-refractivity contribution is 7.89. The Bertz CT molecular complexity index is 170. The van der Waals surface area contributed by atoms with Crippen LogP contribution in [0.2, 0.25) is 0 Å². The molecular weight excluding hydrogens is 150 g/mol. The van der Waals surface area contributed by atoms with E-state index in [1.807, 2.05) is 13.8 Å². The summed E-state index contributed by atoms with van der Waals surface area (Å²) in [6, 6.07) is 0. The number of primary sulfonamides is 1. The van der Waals surface area contributed by atoms with Crippen LogP contribution in [0.3, 0.4) is 0 Å². The maximum absolute atomic E-state index is 10.5. The number of nitrogens with two attached hydrogens (primary N) is 1. The number of rotatable bonds is 4. The smallest absolute Gasteiger partial charge is 0.209 e. The van der Waals surface area contributed by atoms with E-state index >= 15 is 0 Å². The standard InChI is InChI=1S/C6H15NO2S/c1-3-6(4-2)5-10(7,8)9/h6H,3-5H2,1-2H3,(H2,7,8,9). The van der Waals surface area contributed by atoms with Crippen LogP contribution in [-0.2, 0) is 10.0 Å². The van der Waals surface area contributed by atoms with Gasteiger partial charge in [0, 0.05) is 0 Å². The molecule has 2 N–H and O–H groups in total. The number of hydrogen-bond acceptors (Lipinski definition) is 2. The quantitative estimate of drug-likeness (QED) is 0.667. The van der Waals surface area contributed by atoms with Crippen LogP contribution in [0.5, 0.6) is 0 Å². The summed E-state index contributed by atoms with van der Waals surface area (Å²) in [7, 11) is -3.25. The van der Waals surface area contributed by atoms with Crippen LogP contribution < -0.4 is 5.14 Å². The zero-order valence-corrected chi connectivity index (χ0v) is 7.32. The van der Waals surface area contributed by atoms with E-state index in [9.17, 15) is 8.42 Å². The molecule has 4 heteroatoms. The van der Waals surface area contributed by atoms with Crippen molar-refractivity contribution < 1.29 is 8.42 Å². The van der Waals surface area contributed by atoms with Crippen molar-refractivity contribution in [3.8, 4) is 0 Å². The SMILES string of the molecule is CCC(CC)CS(N)(=O)=O. The minimum Gasteiger partial charge on any atom is -0.229 e. The molecule has 3 nitrogen and oxygen atoms in total. The highest BCUT2D eigenvalue weighted by Crippen LogP contribution is 2.08. The Balaban J connectivity index is 3.87. The van der Waals surface area contributed by atoms with Crippen molar-refractivity contribution in [1.82, 2.24) is 0 Å². The molecular formula is C6H15NO2S. The summed E-state index contributed by atoms with van der Waals surface area (Å²) in [5.41, 5.74) is 0. The van der Waals surface area contributed by atoms with E-state index in [1.165, 1.54) is 0 Å². The Morgan fingerprint density at radius 2 is 1.70 bits per heavy atom. The highest BCUT2D eigenvalue weighted by atomic mass is 32.2. The second kappa shape index (κ2) is 3.93. The van der Waals surface area contributed by atoms with Crippen LogP contribution in [-0.4, -0.2) is 14.2 Å². The van der Waals surface area contributed by atoms with Gasteiger partial charge in [-0.15, -0.1) is 0 Å². The van der Waals surface area contributed by atoms with E-state index in [-0.39, 0.29) is 11.7 Å². The molecule has 0 atom stereocenters. The maximum Gasteiger partial charge on any atom is 0.209 e. The molecule has 0 saturated heterocycles. The number of hydrogen-bond donors (Lipinski definition) is 1. The summed E-state index contributed by atoms with van der Waals surface area (Å²) in [4.78, 5) is 0. The van der Waals surface area contributed by atoms with Gasteiger partial charge in [0.25, 0.3) is 0 Å². The van der Waals surface area contributed by atoms with E-state index in [4.69, 9.17) is 5.14 Å². The fraction of sp³-hybridized carbons (Fsp3) is 1.00. The molecule has 0 radical (unpaired) electrons. The normalized spacial score (nSPS) is 12.4. The molecule has 0 unspecified atom stereocenters. The van der Waals surface area contributed by atoms with Crippen molar-refractivity contribution in [2.75, 3.05) is 5.75 Å². The first kappa shape index (κ1) is 9.91. The maximum atomic E-state index is 10.5. The summed E-state index contributed by atoms with van der Waals surface area (Å²) in [5, 5.41) is 4.86. The molecule has 0 rings (SSSR count). The van der Waals surface area contributed by atoms with Crippen molar-refractivity contribution in [1.29, 1.82) is 0 Å². The van der Waals surface area contributed by atoms with E-state index in [1.54, 1.807) is 0 Å². The first-order valence-corrected chi connectivity index (χ1v) is 5.21. The molecule has 10 heavy (non-hydrogen) atoms. The van der Waals surface area contributed by atoms with E-state index in [0.717, 1.165) is 12.8 Å². The van der Waals surface area contributed by atoms with Crippen molar-refractivity contribution >= 4 is 10.0 Å². The Morgan fingerprint density at radius 3 is 1.80 bits per heavy atom. The van der Waals surface area contributed by atoms with E-state index in [2.05, 4.69) is 0 Å². The van der Waals surface area contributed by atoms with Crippen LogP contribution in [0.15, 0.2) is 0 Å². The van der Waals surface area contributed by atoms with Gasteiger partial charge < -0.3 is 0 Å². The Labute approximate surface area is 62.7 Å². The molecule has 0 aromatic rings. The van der Waals surface area contributed by atoms with Gasteiger partial charge in [0.2, 0.25) is 10.0 Å². The van der Waals surface area contributed by atoms with Crippen LogP contribution in [0.25, 0.3) is 0 Å². The van der Waals surface area contributed by atoms with E-state index < -0.39 is 10.0 Å². The minimum atomic E-state index is -3.25. The van der Waals surface area contributed by atoms with E-state index in [0.29, 0.717) is 0 Å². The summed E-state index contributed by atoms with van der Waals surface area (Å²) in [6.07, 6.45) is 1.76. The third-order valence-corrected chi connectivity index (χ3v) is 2.56. The summed E-state index contributed by atoms with van der Waals surface area (Å²) in [6.45, 7) is 3.94. The molecule has 0 aromatic carbocycles. The lowest BCUT2D eigenvalue weighted by Gasteiger charge is -2.08. The zero-order chi connectivity index (χ0) is 8.20. The molecule has 0 heterocycles. The summed E-state index contributed by atoms with van der Waals surface area (Å²) >= 11 is 0. The van der Waals surface area contributed by atoms with Gasteiger partial charge in [-0.2, -0.15) is 0 Å². The largest absolute Gasteiger partial charge is 0.229 e. The third-order valence-electron chi connectivity index (χ3n) is 1.62. The average Bonchev–Trinajstić information content (AvgIpc) is 1.81. The lowest BCUT2D eigenvalue weighted by Crippen LogP contribution is -2.22. The van der Waals surface area contributed by atoms with Gasteiger partial charge in [0.15, 0.2) is 0 Å². The van der Waals surface area contributed by atoms with Crippen molar-refractivity contribution in [2.45, 2.75) is 26.7 Å². The van der Waals surface area contributed by atoms with Gasteiger partial charge in [-0.05, 0) is 5.92 Å². The molecule has 0 aliphatic rings. The molecule has 62 valence electrons. The molecule has 0 saturated carbocycles. The van der Waals surface area contributed by atoms with Crippen molar-refractivity contribution in [3.05, 3.63) is 0 Å². The first-order valence-electron chi connectivity index (χ1n) is 3.50. The summed E-state index contributed by atoms with van der Waals surface area (Å²) in [5.74, 6) is 0.356. The Hall–Kier alpha value is -0.0900. The van der Waals surface area contributed by atoms with Crippen LogP contribution in [0, 0.1) is 5.92 Å². The van der Waals surface area contributed by atoms with Crippen molar-refractivity contribution in [2.24, 2.45) is 11.1 Å².